The first-order chi connectivity index (χ1) is 11.0. The number of alkyl halides is 3. The maximum atomic E-state index is 13.1. The van der Waals surface area contributed by atoms with Crippen molar-refractivity contribution in [3.8, 4) is 0 Å². The van der Waals surface area contributed by atoms with Crippen LogP contribution < -0.4 is 4.90 Å². The summed E-state index contributed by atoms with van der Waals surface area (Å²) in [5, 5.41) is 0. The van der Waals surface area contributed by atoms with Gasteiger partial charge in [0.1, 0.15) is 9.84 Å². The van der Waals surface area contributed by atoms with Crippen LogP contribution in [0.2, 0.25) is 0 Å². The topological polar surface area (TPSA) is 57.7 Å². The molecular weight excluding hydrogens is 345 g/mol. The smallest absolute Gasteiger partial charge is 0.324 e. The summed E-state index contributed by atoms with van der Waals surface area (Å²) in [5.41, 5.74) is -0.375. The average Bonchev–Trinajstić information content (AvgIpc) is 2.89. The fourth-order valence-corrected chi connectivity index (χ4v) is 3.29. The Hall–Kier alpha value is -1.77. The van der Waals surface area contributed by atoms with Gasteiger partial charge in [0.25, 0.3) is 0 Å². The number of amides is 2. The molecule has 0 N–H and O–H groups in total. The molecule has 1 aliphatic heterocycles. The monoisotopic (exact) mass is 364 g/mol. The summed E-state index contributed by atoms with van der Waals surface area (Å²) in [4.78, 5) is 15.2. The standard InChI is InChI=1S/C15H19F3N2O3S/c1-3-19(9-10-24(2,22)23)14(21)20-8-7-11-12(15(16,17)18)5-4-6-13(11)20/h4-6H,3,7-10H2,1-2H3. The number of carbonyl (C=O) groups excluding carboxylic acids is 1. The van der Waals surface area contributed by atoms with Crippen LogP contribution in [-0.4, -0.2) is 51.0 Å². The molecule has 24 heavy (non-hydrogen) atoms. The molecule has 134 valence electrons. The third kappa shape index (κ3) is 4.00. The fourth-order valence-electron chi connectivity index (χ4n) is 2.73. The van der Waals surface area contributed by atoms with E-state index in [0.717, 1.165) is 12.3 Å². The Morgan fingerprint density at radius 3 is 2.54 bits per heavy atom. The second kappa shape index (κ2) is 6.62. The van der Waals surface area contributed by atoms with Crippen molar-refractivity contribution in [1.82, 2.24) is 4.90 Å². The van der Waals surface area contributed by atoms with Gasteiger partial charge in [0.15, 0.2) is 0 Å². The summed E-state index contributed by atoms with van der Waals surface area (Å²) in [5.74, 6) is -0.185. The van der Waals surface area contributed by atoms with Crippen molar-refractivity contribution >= 4 is 21.6 Å². The number of fused-ring (bicyclic) bond motifs is 1. The van der Waals surface area contributed by atoms with E-state index in [2.05, 4.69) is 0 Å². The summed E-state index contributed by atoms with van der Waals surface area (Å²) in [6.07, 6.45) is -3.27. The first kappa shape index (κ1) is 18.6. The molecule has 0 aromatic heterocycles. The Morgan fingerprint density at radius 1 is 1.33 bits per heavy atom. The second-order valence-corrected chi connectivity index (χ2v) is 7.95. The van der Waals surface area contributed by atoms with Crippen LogP contribution in [0, 0.1) is 0 Å². The average molecular weight is 364 g/mol. The molecule has 1 aliphatic rings. The zero-order valence-electron chi connectivity index (χ0n) is 13.4. The molecule has 0 aliphatic carbocycles. The number of carbonyl (C=O) groups is 1. The van der Waals surface area contributed by atoms with Gasteiger partial charge in [0.05, 0.1) is 11.3 Å². The van der Waals surface area contributed by atoms with Gasteiger partial charge in [0.2, 0.25) is 0 Å². The molecule has 0 radical (unpaired) electrons. The lowest BCUT2D eigenvalue weighted by Gasteiger charge is -2.27. The fraction of sp³-hybridized carbons (Fsp3) is 0.533. The Bertz CT molecular complexity index is 732. The highest BCUT2D eigenvalue weighted by Gasteiger charge is 2.38. The van der Waals surface area contributed by atoms with Gasteiger partial charge in [-0.3, -0.25) is 4.90 Å². The minimum absolute atomic E-state index is 0.0129. The molecule has 5 nitrogen and oxygen atoms in total. The number of hydrogen-bond acceptors (Lipinski definition) is 3. The Balaban J connectivity index is 2.25. The highest BCUT2D eigenvalue weighted by molar-refractivity contribution is 7.90. The molecule has 0 atom stereocenters. The molecule has 0 bridgehead atoms. The molecule has 1 aromatic rings. The van der Waals surface area contributed by atoms with E-state index in [1.807, 2.05) is 0 Å². The van der Waals surface area contributed by atoms with E-state index in [-0.39, 0.29) is 43.1 Å². The molecule has 0 saturated carbocycles. The third-order valence-corrected chi connectivity index (χ3v) is 4.87. The molecule has 0 saturated heterocycles. The zero-order chi connectivity index (χ0) is 18.1. The molecule has 2 amide bonds. The largest absolute Gasteiger partial charge is 0.416 e. The van der Waals surface area contributed by atoms with E-state index in [1.165, 1.54) is 21.9 Å². The lowest BCUT2D eigenvalue weighted by molar-refractivity contribution is -0.138. The molecule has 1 aromatic carbocycles. The van der Waals surface area contributed by atoms with Gasteiger partial charge in [-0.15, -0.1) is 0 Å². The predicted molar refractivity (Wildman–Crippen MR) is 84.8 cm³/mol. The first-order valence-electron chi connectivity index (χ1n) is 7.48. The SMILES string of the molecule is CCN(CCS(C)(=O)=O)C(=O)N1CCc2c1cccc2C(F)(F)F. The number of sulfone groups is 1. The van der Waals surface area contributed by atoms with Crippen molar-refractivity contribution in [2.75, 3.05) is 36.5 Å². The van der Waals surface area contributed by atoms with Crippen LogP contribution in [0.3, 0.4) is 0 Å². The van der Waals surface area contributed by atoms with Crippen LogP contribution in [0.4, 0.5) is 23.7 Å². The van der Waals surface area contributed by atoms with Crippen molar-refractivity contribution in [3.63, 3.8) is 0 Å². The van der Waals surface area contributed by atoms with Gasteiger partial charge in [0, 0.05) is 31.6 Å². The van der Waals surface area contributed by atoms with Crippen LogP contribution in [0.25, 0.3) is 0 Å². The summed E-state index contributed by atoms with van der Waals surface area (Å²) in [6.45, 7) is 2.14. The molecule has 9 heteroatoms. The van der Waals surface area contributed by atoms with Gasteiger partial charge in [-0.05, 0) is 31.0 Å². The first-order valence-corrected chi connectivity index (χ1v) is 9.54. The number of urea groups is 1. The molecule has 0 unspecified atom stereocenters. The molecule has 1 heterocycles. The minimum atomic E-state index is -4.47. The predicted octanol–water partition coefficient (Wildman–Crippen LogP) is 2.55. The molecule has 2 rings (SSSR count). The number of nitrogens with zero attached hydrogens (tertiary/aromatic N) is 2. The van der Waals surface area contributed by atoms with Crippen molar-refractivity contribution in [1.29, 1.82) is 0 Å². The number of halogens is 3. The van der Waals surface area contributed by atoms with E-state index in [0.29, 0.717) is 0 Å². The molecule has 0 fully saturated rings. The lowest BCUT2D eigenvalue weighted by Crippen LogP contribution is -2.44. The number of rotatable bonds is 4. The van der Waals surface area contributed by atoms with Crippen LogP contribution in [0.15, 0.2) is 18.2 Å². The van der Waals surface area contributed by atoms with Gasteiger partial charge in [-0.1, -0.05) is 6.07 Å². The maximum Gasteiger partial charge on any atom is 0.416 e. The highest BCUT2D eigenvalue weighted by Crippen LogP contribution is 2.39. The van der Waals surface area contributed by atoms with Crippen LogP contribution >= 0.6 is 0 Å². The van der Waals surface area contributed by atoms with E-state index in [9.17, 15) is 26.4 Å². The van der Waals surface area contributed by atoms with Crippen LogP contribution in [0.1, 0.15) is 18.1 Å². The van der Waals surface area contributed by atoms with Crippen molar-refractivity contribution in [2.45, 2.75) is 19.5 Å². The van der Waals surface area contributed by atoms with Gasteiger partial charge in [-0.2, -0.15) is 13.2 Å². The molecular formula is C15H19F3N2O3S. The Morgan fingerprint density at radius 2 is 2.00 bits per heavy atom. The van der Waals surface area contributed by atoms with E-state index < -0.39 is 27.6 Å². The van der Waals surface area contributed by atoms with E-state index in [1.54, 1.807) is 6.92 Å². The number of benzene rings is 1. The van der Waals surface area contributed by atoms with Crippen molar-refractivity contribution < 1.29 is 26.4 Å². The lowest BCUT2D eigenvalue weighted by atomic mass is 10.0. The number of anilines is 1. The normalized spacial score (nSPS) is 14.6. The second-order valence-electron chi connectivity index (χ2n) is 5.69. The van der Waals surface area contributed by atoms with Gasteiger partial charge < -0.3 is 4.90 Å². The quantitative estimate of drug-likeness (QED) is 0.825. The van der Waals surface area contributed by atoms with Gasteiger partial charge >= 0.3 is 12.2 Å². The summed E-state index contributed by atoms with van der Waals surface area (Å²) in [6, 6.07) is 3.30. The maximum absolute atomic E-state index is 13.1. The van der Waals surface area contributed by atoms with Gasteiger partial charge in [-0.25, -0.2) is 13.2 Å². The summed E-state index contributed by atoms with van der Waals surface area (Å²) in [7, 11) is -3.23. The molecule has 0 spiro atoms. The highest BCUT2D eigenvalue weighted by atomic mass is 32.2. The van der Waals surface area contributed by atoms with Crippen molar-refractivity contribution in [3.05, 3.63) is 29.3 Å². The summed E-state index contributed by atoms with van der Waals surface area (Å²) >= 11 is 0. The Kier molecular flexibility index (Phi) is 5.12. The van der Waals surface area contributed by atoms with E-state index >= 15 is 0 Å². The zero-order valence-corrected chi connectivity index (χ0v) is 14.2. The van der Waals surface area contributed by atoms with E-state index in [4.69, 9.17) is 0 Å². The van der Waals surface area contributed by atoms with Crippen molar-refractivity contribution in [2.24, 2.45) is 0 Å². The van der Waals surface area contributed by atoms with Crippen LogP contribution in [-0.2, 0) is 22.4 Å². The number of hydrogen-bond donors (Lipinski definition) is 0. The van der Waals surface area contributed by atoms with Crippen LogP contribution in [0.5, 0.6) is 0 Å². The third-order valence-electron chi connectivity index (χ3n) is 3.95. The Labute approximate surface area is 139 Å². The summed E-state index contributed by atoms with van der Waals surface area (Å²) < 4.78 is 61.7. The minimum Gasteiger partial charge on any atom is -0.324 e.